The van der Waals surface area contributed by atoms with Gasteiger partial charge in [0, 0.05) is 26.9 Å². The van der Waals surface area contributed by atoms with Crippen molar-refractivity contribution in [1.82, 2.24) is 8.97 Å². The molecule has 2 N–H and O–H groups in total. The Morgan fingerprint density at radius 3 is 1.85 bits per heavy atom. The Morgan fingerprint density at radius 2 is 1.12 bits per heavy atom. The van der Waals surface area contributed by atoms with Crippen LogP contribution in [0.1, 0.15) is 12.5 Å². The van der Waals surface area contributed by atoms with Crippen molar-refractivity contribution in [3.8, 4) is 0 Å². The van der Waals surface area contributed by atoms with Crippen LogP contribution in [0.5, 0.6) is 0 Å². The van der Waals surface area contributed by atoms with E-state index in [9.17, 15) is 0 Å². The first-order valence-corrected chi connectivity index (χ1v) is 13.7. The molecule has 5 aromatic carbocycles. The number of rotatable bonds is 3. The molecule has 0 bridgehead atoms. The predicted octanol–water partition coefficient (Wildman–Crippen LogP) is 9.37. The van der Waals surface area contributed by atoms with Gasteiger partial charge in [-0.3, -0.25) is 4.57 Å². The second-order valence-electron chi connectivity index (χ2n) is 10.4. The van der Waals surface area contributed by atoms with Crippen molar-refractivity contribution in [3.63, 3.8) is 0 Å². The van der Waals surface area contributed by atoms with Gasteiger partial charge in [-0.05, 0) is 59.9 Å². The average molecular weight is 514 g/mol. The number of nitrogens with two attached hydrogens (primary N) is 1. The number of nitrogens with zero attached hydrogens (tertiary/aromatic N) is 2. The van der Waals surface area contributed by atoms with E-state index in [1.165, 1.54) is 48.9 Å². The summed E-state index contributed by atoms with van der Waals surface area (Å²) in [6, 6.07) is 43.4. The third-order valence-electron chi connectivity index (χ3n) is 8.21. The fourth-order valence-electron chi connectivity index (χ4n) is 6.43. The Balaban J connectivity index is 1.48. The number of pyridine rings is 1. The van der Waals surface area contributed by atoms with E-state index < -0.39 is 0 Å². The van der Waals surface area contributed by atoms with E-state index in [1.807, 2.05) is 6.07 Å². The second kappa shape index (κ2) is 8.62. The SMILES string of the molecule is C/C=C(\C=C(/N)n1c2ccccc2c2cc3c(cc21)cc1c2ccccc2c2ccccc2n31)c1ccccc1. The van der Waals surface area contributed by atoms with Gasteiger partial charge in [0.2, 0.25) is 0 Å². The highest BCUT2D eigenvalue weighted by molar-refractivity contribution is 6.19. The van der Waals surface area contributed by atoms with Gasteiger partial charge in [-0.2, -0.15) is 0 Å². The van der Waals surface area contributed by atoms with Gasteiger partial charge in [-0.15, -0.1) is 0 Å². The number of hydrogen-bond donors (Lipinski definition) is 1. The van der Waals surface area contributed by atoms with E-state index in [1.54, 1.807) is 0 Å². The summed E-state index contributed by atoms with van der Waals surface area (Å²) in [5, 5.41) is 7.38. The molecular formula is C37H27N3. The summed E-state index contributed by atoms with van der Waals surface area (Å²) in [7, 11) is 0. The maximum absolute atomic E-state index is 6.93. The number of hydrogen-bond acceptors (Lipinski definition) is 1. The summed E-state index contributed by atoms with van der Waals surface area (Å²) in [5.41, 5.74) is 15.0. The molecule has 3 aromatic heterocycles. The summed E-state index contributed by atoms with van der Waals surface area (Å²) in [6.45, 7) is 2.06. The van der Waals surface area contributed by atoms with E-state index in [0.29, 0.717) is 5.82 Å². The van der Waals surface area contributed by atoms with Crippen LogP contribution < -0.4 is 5.73 Å². The molecule has 0 atom stereocenters. The number of aromatic nitrogens is 2. The lowest BCUT2D eigenvalue weighted by Crippen LogP contribution is -2.06. The quantitative estimate of drug-likeness (QED) is 0.185. The zero-order valence-electron chi connectivity index (χ0n) is 22.2. The standard InChI is InChI=1S/C37H27N3/c1-2-24(25-12-4-3-5-13-25)22-37(38)40-33-19-11-9-17-30(33)31-23-34-26(21-36(31)40)20-35-29-16-7-6-14-27(29)28-15-8-10-18-32(28)39(34)35/h2-23H,38H2,1H3/b24-2+,37-22+. The number of benzene rings is 5. The van der Waals surface area contributed by atoms with Crippen molar-refractivity contribution in [2.45, 2.75) is 6.92 Å². The van der Waals surface area contributed by atoms with Crippen LogP contribution >= 0.6 is 0 Å². The average Bonchev–Trinajstić information content (AvgIpc) is 3.55. The normalized spacial score (nSPS) is 13.0. The molecule has 0 aliphatic heterocycles. The van der Waals surface area contributed by atoms with Gasteiger partial charge in [0.25, 0.3) is 0 Å². The highest BCUT2D eigenvalue weighted by Gasteiger charge is 2.17. The second-order valence-corrected chi connectivity index (χ2v) is 10.4. The monoisotopic (exact) mass is 513 g/mol. The zero-order chi connectivity index (χ0) is 26.8. The molecule has 8 aromatic rings. The minimum absolute atomic E-state index is 0.696. The van der Waals surface area contributed by atoms with Crippen molar-refractivity contribution in [1.29, 1.82) is 0 Å². The van der Waals surface area contributed by atoms with Crippen LogP contribution in [0.25, 0.3) is 71.3 Å². The Kier molecular flexibility index (Phi) is 4.89. The Labute approximate surface area is 231 Å². The molecule has 3 heterocycles. The summed E-state index contributed by atoms with van der Waals surface area (Å²) in [4.78, 5) is 0. The Morgan fingerprint density at radius 1 is 0.550 bits per heavy atom. The van der Waals surface area contributed by atoms with E-state index in [2.05, 4.69) is 143 Å². The van der Waals surface area contributed by atoms with Crippen molar-refractivity contribution in [2.75, 3.05) is 0 Å². The third-order valence-corrected chi connectivity index (χ3v) is 8.21. The molecule has 0 spiro atoms. The lowest BCUT2D eigenvalue weighted by atomic mass is 10.1. The molecule has 0 amide bonds. The first kappa shape index (κ1) is 22.7. The van der Waals surface area contributed by atoms with Crippen molar-refractivity contribution >= 4 is 71.3 Å². The van der Waals surface area contributed by atoms with Crippen LogP contribution in [0.3, 0.4) is 0 Å². The molecule has 0 radical (unpaired) electrons. The molecule has 0 fully saturated rings. The molecule has 3 heteroatoms. The molecule has 3 nitrogen and oxygen atoms in total. The van der Waals surface area contributed by atoms with Gasteiger partial charge >= 0.3 is 0 Å². The summed E-state index contributed by atoms with van der Waals surface area (Å²) >= 11 is 0. The molecule has 0 aliphatic rings. The summed E-state index contributed by atoms with van der Waals surface area (Å²) in [5.74, 6) is 0.696. The van der Waals surface area contributed by atoms with E-state index >= 15 is 0 Å². The van der Waals surface area contributed by atoms with Crippen molar-refractivity contribution in [2.24, 2.45) is 5.73 Å². The van der Waals surface area contributed by atoms with Crippen LogP contribution in [0.2, 0.25) is 0 Å². The number of para-hydroxylation sites is 2. The Hall–Kier alpha value is -5.28. The highest BCUT2D eigenvalue weighted by atomic mass is 15.1. The largest absolute Gasteiger partial charge is 0.385 e. The third kappa shape index (κ3) is 3.18. The molecule has 0 unspecified atom stereocenters. The summed E-state index contributed by atoms with van der Waals surface area (Å²) < 4.78 is 4.63. The zero-order valence-corrected chi connectivity index (χ0v) is 22.2. The van der Waals surface area contributed by atoms with Gasteiger partial charge in [0.1, 0.15) is 5.82 Å². The predicted molar refractivity (Wildman–Crippen MR) is 171 cm³/mol. The molecule has 190 valence electrons. The highest BCUT2D eigenvalue weighted by Crippen LogP contribution is 2.38. The smallest absolute Gasteiger partial charge is 0.108 e. The van der Waals surface area contributed by atoms with Gasteiger partial charge < -0.3 is 10.1 Å². The molecular weight excluding hydrogens is 486 g/mol. The molecule has 0 saturated heterocycles. The number of fused-ring (bicyclic) bond motifs is 11. The van der Waals surface area contributed by atoms with Crippen LogP contribution in [0.15, 0.2) is 133 Å². The lowest BCUT2D eigenvalue weighted by Gasteiger charge is -2.11. The van der Waals surface area contributed by atoms with Crippen molar-refractivity contribution in [3.05, 3.63) is 139 Å². The molecule has 0 aliphatic carbocycles. The van der Waals surface area contributed by atoms with Gasteiger partial charge in [0.05, 0.1) is 27.6 Å². The topological polar surface area (TPSA) is 35.4 Å². The van der Waals surface area contributed by atoms with Crippen LogP contribution in [0, 0.1) is 0 Å². The first-order chi connectivity index (χ1) is 19.7. The van der Waals surface area contributed by atoms with Gasteiger partial charge in [-0.25, -0.2) is 0 Å². The van der Waals surface area contributed by atoms with E-state index in [-0.39, 0.29) is 0 Å². The van der Waals surface area contributed by atoms with Gasteiger partial charge in [-0.1, -0.05) is 97.1 Å². The van der Waals surface area contributed by atoms with E-state index in [0.717, 1.165) is 22.2 Å². The fourth-order valence-corrected chi connectivity index (χ4v) is 6.43. The minimum atomic E-state index is 0.696. The minimum Gasteiger partial charge on any atom is -0.385 e. The van der Waals surface area contributed by atoms with Crippen LogP contribution in [0.4, 0.5) is 0 Å². The lowest BCUT2D eigenvalue weighted by molar-refractivity contribution is 1.18. The molecule has 40 heavy (non-hydrogen) atoms. The number of allylic oxidation sites excluding steroid dienone is 3. The van der Waals surface area contributed by atoms with E-state index in [4.69, 9.17) is 5.73 Å². The van der Waals surface area contributed by atoms with Crippen LogP contribution in [-0.4, -0.2) is 8.97 Å². The summed E-state index contributed by atoms with van der Waals surface area (Å²) in [6.07, 6.45) is 4.20. The van der Waals surface area contributed by atoms with Crippen LogP contribution in [-0.2, 0) is 0 Å². The maximum atomic E-state index is 6.93. The molecule has 8 rings (SSSR count). The Bertz CT molecular complexity index is 2330. The fraction of sp³-hybridized carbons (Fsp3) is 0.0270. The van der Waals surface area contributed by atoms with Crippen molar-refractivity contribution < 1.29 is 0 Å². The van der Waals surface area contributed by atoms with Gasteiger partial charge in [0.15, 0.2) is 0 Å². The molecule has 0 saturated carbocycles. The first-order valence-electron chi connectivity index (χ1n) is 13.7. The maximum Gasteiger partial charge on any atom is 0.108 e.